The Morgan fingerprint density at radius 3 is 2.65 bits per heavy atom. The first kappa shape index (κ1) is 17.5. The van der Waals surface area contributed by atoms with E-state index in [-0.39, 0.29) is 17.2 Å². The highest BCUT2D eigenvalue weighted by Gasteiger charge is 2.15. The number of aromatic carboxylic acids is 1. The van der Waals surface area contributed by atoms with Crippen molar-refractivity contribution in [1.29, 1.82) is 0 Å². The zero-order chi connectivity index (χ0) is 18.8. The largest absolute Gasteiger partial charge is 0.490 e. The summed E-state index contributed by atoms with van der Waals surface area (Å²) in [6, 6.07) is 8.07. The summed E-state index contributed by atoms with van der Waals surface area (Å²) in [5.41, 5.74) is 1.87. The number of carbonyl (C=O) groups is 1. The third-order valence-electron chi connectivity index (χ3n) is 3.83. The molecule has 1 aromatic carbocycles. The van der Waals surface area contributed by atoms with Crippen molar-refractivity contribution in [2.45, 2.75) is 20.0 Å². The lowest BCUT2D eigenvalue weighted by Gasteiger charge is -2.14. The van der Waals surface area contributed by atoms with Crippen LogP contribution in [0.1, 0.15) is 24.2 Å². The van der Waals surface area contributed by atoms with E-state index in [0.717, 1.165) is 5.56 Å². The second kappa shape index (κ2) is 6.87. The molecule has 0 saturated heterocycles. The lowest BCUT2D eigenvalue weighted by atomic mass is 10.1. The molecule has 0 aliphatic heterocycles. The van der Waals surface area contributed by atoms with Gasteiger partial charge in [-0.3, -0.25) is 4.79 Å². The van der Waals surface area contributed by atoms with Crippen LogP contribution in [-0.2, 0) is 7.05 Å². The Kier molecular flexibility index (Phi) is 4.62. The number of aryl methyl sites for hydroxylation is 1. The Morgan fingerprint density at radius 2 is 1.96 bits per heavy atom. The molecule has 3 aromatic rings. The summed E-state index contributed by atoms with van der Waals surface area (Å²) in [4.78, 5) is 23.4. The van der Waals surface area contributed by atoms with Crippen LogP contribution in [0.3, 0.4) is 0 Å². The quantitative estimate of drug-likeness (QED) is 0.762. The molecule has 1 N–H and O–H groups in total. The van der Waals surface area contributed by atoms with Gasteiger partial charge in [-0.15, -0.1) is 0 Å². The summed E-state index contributed by atoms with van der Waals surface area (Å²) in [7, 11) is 1.66. The molecule has 0 aliphatic carbocycles. The highest BCUT2D eigenvalue weighted by atomic mass is 16.5. The molecule has 0 amide bonds. The van der Waals surface area contributed by atoms with Gasteiger partial charge in [0.05, 0.1) is 23.6 Å². The van der Waals surface area contributed by atoms with E-state index < -0.39 is 5.97 Å². The number of para-hydroxylation sites is 1. The van der Waals surface area contributed by atoms with E-state index in [0.29, 0.717) is 17.0 Å². The summed E-state index contributed by atoms with van der Waals surface area (Å²) in [6.45, 7) is 3.77. The monoisotopic (exact) mass is 353 g/mol. The number of rotatable bonds is 5. The number of pyridine rings is 1. The van der Waals surface area contributed by atoms with Crippen molar-refractivity contribution in [3.05, 3.63) is 64.8 Å². The summed E-state index contributed by atoms with van der Waals surface area (Å²) in [6.07, 6.45) is 4.92. The highest BCUT2D eigenvalue weighted by Crippen LogP contribution is 2.29. The van der Waals surface area contributed by atoms with Crippen LogP contribution in [0.2, 0.25) is 0 Å². The van der Waals surface area contributed by atoms with Gasteiger partial charge in [0.2, 0.25) is 0 Å². The van der Waals surface area contributed by atoms with Crippen molar-refractivity contribution in [3.8, 4) is 22.6 Å². The number of hydrogen-bond donors (Lipinski definition) is 1. The van der Waals surface area contributed by atoms with Gasteiger partial charge >= 0.3 is 5.97 Å². The SMILES string of the molecule is CC(C)Oc1cc(=O)n(C)cc1-c1cnn(-c2ccccc2C(=O)O)c1. The molecule has 0 bridgehead atoms. The van der Waals surface area contributed by atoms with E-state index in [1.165, 1.54) is 21.4 Å². The molecule has 7 heteroatoms. The van der Waals surface area contributed by atoms with E-state index >= 15 is 0 Å². The van der Waals surface area contributed by atoms with Crippen molar-refractivity contribution < 1.29 is 14.6 Å². The van der Waals surface area contributed by atoms with Crippen molar-refractivity contribution in [2.24, 2.45) is 7.05 Å². The van der Waals surface area contributed by atoms with Crippen LogP contribution in [-0.4, -0.2) is 31.5 Å². The maximum Gasteiger partial charge on any atom is 0.337 e. The van der Waals surface area contributed by atoms with Gasteiger partial charge in [-0.1, -0.05) is 12.1 Å². The summed E-state index contributed by atoms with van der Waals surface area (Å²) >= 11 is 0. The zero-order valence-electron chi connectivity index (χ0n) is 14.7. The number of ether oxygens (including phenoxy) is 1. The van der Waals surface area contributed by atoms with Gasteiger partial charge in [0.1, 0.15) is 5.75 Å². The second-order valence-corrected chi connectivity index (χ2v) is 6.16. The molecule has 2 aromatic heterocycles. The molecular weight excluding hydrogens is 334 g/mol. The van der Waals surface area contributed by atoms with Crippen LogP contribution in [0, 0.1) is 0 Å². The van der Waals surface area contributed by atoms with Crippen LogP contribution in [0.15, 0.2) is 53.7 Å². The predicted molar refractivity (Wildman–Crippen MR) is 97.0 cm³/mol. The average Bonchev–Trinajstić information content (AvgIpc) is 3.07. The lowest BCUT2D eigenvalue weighted by Crippen LogP contribution is -2.17. The molecule has 0 radical (unpaired) electrons. The Morgan fingerprint density at radius 1 is 1.23 bits per heavy atom. The molecule has 26 heavy (non-hydrogen) atoms. The van der Waals surface area contributed by atoms with Gasteiger partial charge in [0.25, 0.3) is 5.56 Å². The number of nitrogens with zero attached hydrogens (tertiary/aromatic N) is 3. The minimum absolute atomic E-state index is 0.0939. The maximum atomic E-state index is 11.9. The summed E-state index contributed by atoms with van der Waals surface area (Å²) in [5, 5.41) is 13.7. The van der Waals surface area contributed by atoms with Crippen LogP contribution in [0.25, 0.3) is 16.8 Å². The highest BCUT2D eigenvalue weighted by molar-refractivity contribution is 5.91. The van der Waals surface area contributed by atoms with Gasteiger partial charge in [-0.05, 0) is 26.0 Å². The zero-order valence-corrected chi connectivity index (χ0v) is 14.7. The minimum Gasteiger partial charge on any atom is -0.490 e. The number of benzene rings is 1. The van der Waals surface area contributed by atoms with E-state index in [2.05, 4.69) is 5.10 Å². The fourth-order valence-corrected chi connectivity index (χ4v) is 2.63. The van der Waals surface area contributed by atoms with E-state index in [9.17, 15) is 14.7 Å². The molecular formula is C19H19N3O4. The second-order valence-electron chi connectivity index (χ2n) is 6.16. The van der Waals surface area contributed by atoms with Crippen LogP contribution >= 0.6 is 0 Å². The average molecular weight is 353 g/mol. The minimum atomic E-state index is -1.02. The van der Waals surface area contributed by atoms with Crippen molar-refractivity contribution in [1.82, 2.24) is 14.3 Å². The molecule has 3 rings (SSSR count). The van der Waals surface area contributed by atoms with Gasteiger partial charge in [-0.2, -0.15) is 5.10 Å². The van der Waals surface area contributed by atoms with Crippen LogP contribution in [0.5, 0.6) is 5.75 Å². The van der Waals surface area contributed by atoms with Gasteiger partial charge in [0.15, 0.2) is 0 Å². The first-order chi connectivity index (χ1) is 12.4. The van der Waals surface area contributed by atoms with E-state index in [4.69, 9.17) is 4.74 Å². The van der Waals surface area contributed by atoms with Gasteiger partial charge < -0.3 is 14.4 Å². The molecule has 2 heterocycles. The standard InChI is InChI=1S/C19H19N3O4/c1-12(2)26-17-8-18(23)21(3)11-15(17)13-9-20-22(10-13)16-7-5-4-6-14(16)19(24)25/h4-12H,1-3H3,(H,24,25). The molecule has 0 fully saturated rings. The predicted octanol–water partition coefficient (Wildman–Crippen LogP) is 2.72. The Bertz CT molecular complexity index is 1020. The molecule has 0 spiro atoms. The van der Waals surface area contributed by atoms with E-state index in [1.807, 2.05) is 13.8 Å². The summed E-state index contributed by atoms with van der Waals surface area (Å²) in [5.74, 6) is -0.558. The molecule has 7 nitrogen and oxygen atoms in total. The lowest BCUT2D eigenvalue weighted by molar-refractivity contribution is 0.0696. The Hall–Kier alpha value is -3.35. The first-order valence-electron chi connectivity index (χ1n) is 8.12. The molecule has 0 saturated carbocycles. The van der Waals surface area contributed by atoms with E-state index in [1.54, 1.807) is 43.8 Å². The topological polar surface area (TPSA) is 86.4 Å². The van der Waals surface area contributed by atoms with Gasteiger partial charge in [-0.25, -0.2) is 9.48 Å². The molecule has 134 valence electrons. The number of carboxylic acid groups (broad SMARTS) is 1. The fraction of sp³-hybridized carbons (Fsp3) is 0.211. The van der Waals surface area contributed by atoms with Crippen LogP contribution in [0.4, 0.5) is 0 Å². The third-order valence-corrected chi connectivity index (χ3v) is 3.83. The first-order valence-corrected chi connectivity index (χ1v) is 8.12. The number of carboxylic acids is 1. The van der Waals surface area contributed by atoms with Crippen molar-refractivity contribution in [3.63, 3.8) is 0 Å². The van der Waals surface area contributed by atoms with Gasteiger partial charge in [0, 0.05) is 36.6 Å². The maximum absolute atomic E-state index is 11.9. The van der Waals surface area contributed by atoms with Crippen LogP contribution < -0.4 is 10.3 Å². The molecule has 0 unspecified atom stereocenters. The third kappa shape index (κ3) is 3.37. The normalized spacial score (nSPS) is 10.9. The number of hydrogen-bond acceptors (Lipinski definition) is 4. The van der Waals surface area contributed by atoms with Crippen molar-refractivity contribution >= 4 is 5.97 Å². The molecule has 0 atom stereocenters. The Labute approximate surface area is 150 Å². The smallest absolute Gasteiger partial charge is 0.337 e. The Balaban J connectivity index is 2.10. The summed E-state index contributed by atoms with van der Waals surface area (Å²) < 4.78 is 8.73. The van der Waals surface area contributed by atoms with Crippen molar-refractivity contribution in [2.75, 3.05) is 0 Å². The number of aromatic nitrogens is 3. The molecule has 0 aliphatic rings. The fourth-order valence-electron chi connectivity index (χ4n) is 2.63.